The quantitative estimate of drug-likeness (QED) is 0.572. The fourth-order valence-corrected chi connectivity index (χ4v) is 3.68. The molecular formula is C25H26N2O5. The summed E-state index contributed by atoms with van der Waals surface area (Å²) in [5.41, 5.74) is 3.80. The van der Waals surface area contributed by atoms with Crippen LogP contribution in [0.3, 0.4) is 0 Å². The molecule has 2 amide bonds. The number of nitrogens with one attached hydrogen (secondary N) is 2. The molecule has 2 aromatic carbocycles. The number of carbonyl (C=O) groups excluding carboxylic acids is 2. The fraction of sp³-hybridized carbons (Fsp3) is 0.280. The van der Waals surface area contributed by atoms with Gasteiger partial charge in [0, 0.05) is 35.3 Å². The fourth-order valence-electron chi connectivity index (χ4n) is 3.68. The van der Waals surface area contributed by atoms with Gasteiger partial charge in [-0.25, -0.2) is 0 Å². The summed E-state index contributed by atoms with van der Waals surface area (Å²) in [5.74, 6) is 1.17. The second-order valence-corrected chi connectivity index (χ2v) is 7.78. The van der Waals surface area contributed by atoms with E-state index in [9.17, 15) is 9.59 Å². The van der Waals surface area contributed by atoms with E-state index in [1.54, 1.807) is 30.3 Å². The van der Waals surface area contributed by atoms with Crippen LogP contribution in [0.15, 0.2) is 53.1 Å². The van der Waals surface area contributed by atoms with Crippen LogP contribution in [0.5, 0.6) is 11.5 Å². The van der Waals surface area contributed by atoms with Gasteiger partial charge in [0.25, 0.3) is 11.8 Å². The van der Waals surface area contributed by atoms with E-state index in [1.807, 2.05) is 32.9 Å². The molecule has 0 aliphatic carbocycles. The molecule has 2 N–H and O–H groups in total. The molecule has 1 aliphatic rings. The van der Waals surface area contributed by atoms with Gasteiger partial charge in [0.2, 0.25) is 0 Å². The highest BCUT2D eigenvalue weighted by Gasteiger charge is 2.22. The molecule has 0 spiro atoms. The average molecular weight is 434 g/mol. The molecule has 1 aliphatic heterocycles. The van der Waals surface area contributed by atoms with E-state index >= 15 is 0 Å². The Balaban J connectivity index is 1.48. The lowest BCUT2D eigenvalue weighted by Gasteiger charge is -2.14. The third-order valence-corrected chi connectivity index (χ3v) is 5.31. The zero-order valence-electron chi connectivity index (χ0n) is 18.4. The van der Waals surface area contributed by atoms with Crippen LogP contribution in [0.25, 0.3) is 0 Å². The van der Waals surface area contributed by atoms with E-state index < -0.39 is 0 Å². The van der Waals surface area contributed by atoms with Crippen molar-refractivity contribution < 1.29 is 23.5 Å². The SMILES string of the molecule is CCOc1cc2c(cc1CNC(=O)c1ccc(C)c(NC(=O)c3ccco3)c1)O[C@@H](C)C2. The van der Waals surface area contributed by atoms with Gasteiger partial charge >= 0.3 is 0 Å². The van der Waals surface area contributed by atoms with Crippen LogP contribution < -0.4 is 20.1 Å². The molecule has 4 rings (SSSR count). The number of fused-ring (bicyclic) bond motifs is 1. The number of furan rings is 1. The Labute approximate surface area is 186 Å². The van der Waals surface area contributed by atoms with Crippen LogP contribution in [0, 0.1) is 6.92 Å². The molecule has 0 fully saturated rings. The van der Waals surface area contributed by atoms with Gasteiger partial charge in [0.15, 0.2) is 5.76 Å². The molecule has 0 radical (unpaired) electrons. The van der Waals surface area contributed by atoms with E-state index in [1.165, 1.54) is 6.26 Å². The molecule has 0 unspecified atom stereocenters. The van der Waals surface area contributed by atoms with E-state index in [2.05, 4.69) is 10.6 Å². The van der Waals surface area contributed by atoms with Crippen molar-refractivity contribution in [2.24, 2.45) is 0 Å². The van der Waals surface area contributed by atoms with Crippen molar-refractivity contribution in [3.8, 4) is 11.5 Å². The number of rotatable bonds is 7. The first-order valence-electron chi connectivity index (χ1n) is 10.6. The van der Waals surface area contributed by atoms with Crippen LogP contribution in [-0.4, -0.2) is 24.5 Å². The summed E-state index contributed by atoms with van der Waals surface area (Å²) < 4.78 is 16.8. The lowest BCUT2D eigenvalue weighted by molar-refractivity contribution is 0.0948. The molecule has 1 aromatic heterocycles. The predicted molar refractivity (Wildman–Crippen MR) is 120 cm³/mol. The number of hydrogen-bond donors (Lipinski definition) is 2. The number of benzene rings is 2. The van der Waals surface area contributed by atoms with Crippen molar-refractivity contribution in [1.29, 1.82) is 0 Å². The first-order valence-corrected chi connectivity index (χ1v) is 10.6. The maximum Gasteiger partial charge on any atom is 0.291 e. The van der Waals surface area contributed by atoms with Gasteiger partial charge in [-0.3, -0.25) is 9.59 Å². The van der Waals surface area contributed by atoms with Crippen molar-refractivity contribution >= 4 is 17.5 Å². The average Bonchev–Trinajstić information content (AvgIpc) is 3.42. The molecular weight excluding hydrogens is 408 g/mol. The van der Waals surface area contributed by atoms with Gasteiger partial charge in [-0.05, 0) is 62.7 Å². The molecule has 0 saturated heterocycles. The van der Waals surface area contributed by atoms with Gasteiger partial charge < -0.3 is 24.5 Å². The minimum absolute atomic E-state index is 0.131. The Kier molecular flexibility index (Phi) is 6.16. The van der Waals surface area contributed by atoms with Gasteiger partial charge in [0.1, 0.15) is 17.6 Å². The number of anilines is 1. The molecule has 0 saturated carbocycles. The Morgan fingerprint density at radius 2 is 2.00 bits per heavy atom. The van der Waals surface area contributed by atoms with Crippen molar-refractivity contribution in [3.63, 3.8) is 0 Å². The summed E-state index contributed by atoms with van der Waals surface area (Å²) in [7, 11) is 0. The first kappa shape index (κ1) is 21.5. The molecule has 3 aromatic rings. The molecule has 7 heteroatoms. The first-order chi connectivity index (χ1) is 15.4. The highest BCUT2D eigenvalue weighted by molar-refractivity contribution is 6.03. The van der Waals surface area contributed by atoms with Crippen molar-refractivity contribution in [3.05, 3.63) is 76.7 Å². The molecule has 1 atom stereocenters. The molecule has 7 nitrogen and oxygen atoms in total. The van der Waals surface area contributed by atoms with Crippen LogP contribution in [0.1, 0.15) is 51.5 Å². The highest BCUT2D eigenvalue weighted by atomic mass is 16.5. The third-order valence-electron chi connectivity index (χ3n) is 5.31. The van der Waals surface area contributed by atoms with Crippen LogP contribution in [0.4, 0.5) is 5.69 Å². The van der Waals surface area contributed by atoms with Crippen LogP contribution >= 0.6 is 0 Å². The lowest BCUT2D eigenvalue weighted by atomic mass is 10.1. The summed E-state index contributed by atoms with van der Waals surface area (Å²) in [6.45, 7) is 6.65. The highest BCUT2D eigenvalue weighted by Crippen LogP contribution is 2.35. The summed E-state index contributed by atoms with van der Waals surface area (Å²) >= 11 is 0. The Hall–Kier alpha value is -3.74. The minimum atomic E-state index is -0.371. The van der Waals surface area contributed by atoms with Gasteiger partial charge in [0.05, 0.1) is 12.9 Å². The molecule has 0 bridgehead atoms. The van der Waals surface area contributed by atoms with Crippen molar-refractivity contribution in [2.45, 2.75) is 39.8 Å². The van der Waals surface area contributed by atoms with Crippen LogP contribution in [0.2, 0.25) is 0 Å². The molecule has 32 heavy (non-hydrogen) atoms. The summed E-state index contributed by atoms with van der Waals surface area (Å²) in [6.07, 6.45) is 2.41. The predicted octanol–water partition coefficient (Wildman–Crippen LogP) is 4.49. The number of amides is 2. The van der Waals surface area contributed by atoms with Gasteiger partial charge in [-0.2, -0.15) is 0 Å². The van der Waals surface area contributed by atoms with Crippen LogP contribution in [-0.2, 0) is 13.0 Å². The topological polar surface area (TPSA) is 89.8 Å². The second-order valence-electron chi connectivity index (χ2n) is 7.78. The Morgan fingerprint density at radius 1 is 1.16 bits per heavy atom. The van der Waals surface area contributed by atoms with Crippen molar-refractivity contribution in [1.82, 2.24) is 5.32 Å². The Bertz CT molecular complexity index is 1140. The van der Waals surface area contributed by atoms with E-state index in [4.69, 9.17) is 13.9 Å². The van der Waals surface area contributed by atoms with E-state index in [-0.39, 0.29) is 23.7 Å². The second kappa shape index (κ2) is 9.18. The number of hydrogen-bond acceptors (Lipinski definition) is 5. The third kappa shape index (κ3) is 4.61. The maximum absolute atomic E-state index is 12.8. The monoisotopic (exact) mass is 434 g/mol. The van der Waals surface area contributed by atoms with Gasteiger partial charge in [-0.15, -0.1) is 0 Å². The zero-order chi connectivity index (χ0) is 22.7. The normalized spacial score (nSPS) is 14.4. The van der Waals surface area contributed by atoms with E-state index in [0.29, 0.717) is 24.4 Å². The number of ether oxygens (including phenoxy) is 2. The number of carbonyl (C=O) groups is 2. The maximum atomic E-state index is 12.8. The summed E-state index contributed by atoms with van der Waals surface area (Å²) in [5, 5.41) is 5.73. The zero-order valence-corrected chi connectivity index (χ0v) is 18.4. The molecule has 166 valence electrons. The lowest BCUT2D eigenvalue weighted by Crippen LogP contribution is -2.23. The standard InChI is InChI=1S/C25H26N2O5/c1-4-30-22-12-18-10-16(3)32-23(18)13-19(22)14-26-24(28)17-8-7-15(2)20(11-17)27-25(29)21-6-5-9-31-21/h5-9,11-13,16H,4,10,14H2,1-3H3,(H,26,28)(H,27,29)/t16-/m0/s1. The summed E-state index contributed by atoms with van der Waals surface area (Å²) in [4.78, 5) is 25.1. The molecule has 2 heterocycles. The largest absolute Gasteiger partial charge is 0.494 e. The van der Waals surface area contributed by atoms with Crippen molar-refractivity contribution in [2.75, 3.05) is 11.9 Å². The number of aryl methyl sites for hydroxylation is 1. The summed E-state index contributed by atoms with van der Waals surface area (Å²) in [6, 6.07) is 12.3. The van der Waals surface area contributed by atoms with Gasteiger partial charge in [-0.1, -0.05) is 6.07 Å². The minimum Gasteiger partial charge on any atom is -0.494 e. The Morgan fingerprint density at radius 3 is 2.75 bits per heavy atom. The van der Waals surface area contributed by atoms with E-state index in [0.717, 1.165) is 34.6 Å². The smallest absolute Gasteiger partial charge is 0.291 e.